The van der Waals surface area contributed by atoms with Gasteiger partial charge in [-0.3, -0.25) is 14.5 Å². The molecule has 2 unspecified atom stereocenters. The van der Waals surface area contributed by atoms with Gasteiger partial charge in [0.1, 0.15) is 17.6 Å². The van der Waals surface area contributed by atoms with Crippen LogP contribution in [0.4, 0.5) is 5.69 Å². The average molecular weight is 638 g/mol. The number of aliphatic hydroxyl groups is 2. The Bertz CT molecular complexity index is 1660. The third-order valence-corrected chi connectivity index (χ3v) is 8.50. The number of aliphatic hydroxyl groups excluding tert-OH is 2. The molecule has 4 aromatic carbocycles. The van der Waals surface area contributed by atoms with Gasteiger partial charge in [-0.25, -0.2) is 0 Å². The summed E-state index contributed by atoms with van der Waals surface area (Å²) in [6.45, 7) is 7.19. The lowest BCUT2D eigenvalue weighted by Gasteiger charge is -2.38. The summed E-state index contributed by atoms with van der Waals surface area (Å²) in [5, 5.41) is 23.5. The molecule has 47 heavy (non-hydrogen) atoms. The Morgan fingerprint density at radius 1 is 1.02 bits per heavy atom. The van der Waals surface area contributed by atoms with E-state index in [0.29, 0.717) is 30.9 Å². The highest BCUT2D eigenvalue weighted by Gasteiger charge is 2.35. The second-order valence-electron chi connectivity index (χ2n) is 12.3. The Hall–Kier alpha value is -4.70. The van der Waals surface area contributed by atoms with Gasteiger partial charge in [-0.2, -0.15) is 0 Å². The molecule has 4 atom stereocenters. The van der Waals surface area contributed by atoms with Gasteiger partial charge in [-0.1, -0.05) is 73.7 Å². The van der Waals surface area contributed by atoms with Crippen molar-refractivity contribution in [2.75, 3.05) is 32.1 Å². The van der Waals surface area contributed by atoms with Crippen molar-refractivity contribution in [2.24, 2.45) is 5.92 Å². The fourth-order valence-electron chi connectivity index (χ4n) is 5.69. The molecule has 1 aliphatic heterocycles. The number of nitrogens with zero attached hydrogens (tertiary/aromatic N) is 2. The number of hydrogen-bond acceptors (Lipinski definition) is 7. The van der Waals surface area contributed by atoms with Gasteiger partial charge in [0.15, 0.2) is 11.9 Å². The largest absolute Gasteiger partial charge is 0.486 e. The van der Waals surface area contributed by atoms with Crippen LogP contribution in [-0.2, 0) is 11.3 Å². The van der Waals surface area contributed by atoms with Crippen molar-refractivity contribution in [3.05, 3.63) is 119 Å². The van der Waals surface area contributed by atoms with Gasteiger partial charge in [0, 0.05) is 25.6 Å². The number of benzene rings is 4. The van der Waals surface area contributed by atoms with Crippen LogP contribution < -0.4 is 14.8 Å². The summed E-state index contributed by atoms with van der Waals surface area (Å²) in [6, 6.07) is 29.1. The minimum Gasteiger partial charge on any atom is -0.486 e. The zero-order chi connectivity index (χ0) is 33.5. The van der Waals surface area contributed by atoms with E-state index < -0.39 is 18.1 Å². The number of rotatable bonds is 11. The molecule has 1 heterocycles. The summed E-state index contributed by atoms with van der Waals surface area (Å²) < 4.78 is 12.7. The molecular weight excluding hydrogens is 594 g/mol. The van der Waals surface area contributed by atoms with E-state index in [0.717, 1.165) is 22.6 Å². The van der Waals surface area contributed by atoms with E-state index >= 15 is 0 Å². The van der Waals surface area contributed by atoms with E-state index in [4.69, 9.17) is 9.47 Å². The number of carbonyl (C=O) groups is 2. The zero-order valence-corrected chi connectivity index (χ0v) is 27.3. The van der Waals surface area contributed by atoms with Crippen LogP contribution in [0.25, 0.3) is 0 Å². The first-order chi connectivity index (χ1) is 22.6. The van der Waals surface area contributed by atoms with Crippen LogP contribution in [0, 0.1) is 12.8 Å². The number of anilines is 1. The minimum absolute atomic E-state index is 0.118. The van der Waals surface area contributed by atoms with Crippen LogP contribution in [0.15, 0.2) is 97.1 Å². The molecule has 0 saturated heterocycles. The van der Waals surface area contributed by atoms with Crippen molar-refractivity contribution in [3.8, 4) is 17.2 Å². The molecule has 246 valence electrons. The number of carbonyl (C=O) groups excluding carboxylic acids is 2. The van der Waals surface area contributed by atoms with E-state index in [9.17, 15) is 19.8 Å². The number of para-hydroxylation sites is 2. The second kappa shape index (κ2) is 15.3. The summed E-state index contributed by atoms with van der Waals surface area (Å²) in [7, 11) is 2.01. The summed E-state index contributed by atoms with van der Waals surface area (Å²) >= 11 is 0. The minimum atomic E-state index is -1.41. The van der Waals surface area contributed by atoms with Crippen LogP contribution in [0.3, 0.4) is 0 Å². The lowest BCUT2D eigenvalue weighted by atomic mass is 9.98. The summed E-state index contributed by atoms with van der Waals surface area (Å²) in [4.78, 5) is 30.8. The van der Waals surface area contributed by atoms with Crippen LogP contribution in [0.1, 0.15) is 47.0 Å². The standard InChI is InChI=1S/C38H43N3O6/c1-25-11-8-9-16-33(25)46-30-19-17-28(18-20-30)22-40(4)23-34-26(2)21-41(27(3)24-42)38(45)31-14-10-15-32(36(31)47-34)39-37(44)35(43)29-12-6-5-7-13-29/h5-20,26-27,34-35,42-43H,21-24H2,1-4H3,(H,39,44)/t26-,27?,34-,35?/m1/s1. The number of fused-ring (bicyclic) bond motifs is 1. The van der Waals surface area contributed by atoms with Gasteiger partial charge in [0.25, 0.3) is 11.8 Å². The number of amides is 2. The van der Waals surface area contributed by atoms with Crippen LogP contribution >= 0.6 is 0 Å². The summed E-state index contributed by atoms with van der Waals surface area (Å²) in [5.74, 6) is 0.763. The van der Waals surface area contributed by atoms with Crippen LogP contribution in [0.2, 0.25) is 0 Å². The molecule has 9 heteroatoms. The Balaban J connectivity index is 1.36. The van der Waals surface area contributed by atoms with E-state index in [2.05, 4.69) is 10.2 Å². The van der Waals surface area contributed by atoms with E-state index in [1.165, 1.54) is 0 Å². The molecule has 0 radical (unpaired) electrons. The Morgan fingerprint density at radius 3 is 2.43 bits per heavy atom. The Morgan fingerprint density at radius 2 is 1.72 bits per heavy atom. The van der Waals surface area contributed by atoms with Crippen molar-refractivity contribution in [3.63, 3.8) is 0 Å². The van der Waals surface area contributed by atoms with Gasteiger partial charge in [-0.15, -0.1) is 0 Å². The molecule has 0 aliphatic carbocycles. The van der Waals surface area contributed by atoms with Crippen LogP contribution in [0.5, 0.6) is 17.2 Å². The van der Waals surface area contributed by atoms with Crippen molar-refractivity contribution in [1.29, 1.82) is 0 Å². The SMILES string of the molecule is Cc1ccccc1Oc1ccc(CN(C)C[C@H]2Oc3c(NC(=O)C(O)c4ccccc4)cccc3C(=O)N(C(C)CO)C[C@H]2C)cc1. The fourth-order valence-corrected chi connectivity index (χ4v) is 5.69. The molecule has 0 bridgehead atoms. The first-order valence-corrected chi connectivity index (χ1v) is 15.9. The summed E-state index contributed by atoms with van der Waals surface area (Å²) in [6.07, 6.45) is -1.78. The number of ether oxygens (including phenoxy) is 2. The van der Waals surface area contributed by atoms with Crippen molar-refractivity contribution in [1.82, 2.24) is 9.80 Å². The highest BCUT2D eigenvalue weighted by molar-refractivity contribution is 6.02. The number of aryl methyl sites for hydroxylation is 1. The number of nitrogens with one attached hydrogen (secondary N) is 1. The van der Waals surface area contributed by atoms with Crippen molar-refractivity contribution < 1.29 is 29.3 Å². The quantitative estimate of drug-likeness (QED) is 0.190. The molecule has 1 aliphatic rings. The fraction of sp³-hybridized carbons (Fsp3) is 0.316. The van der Waals surface area contributed by atoms with E-state index in [-0.39, 0.29) is 35.8 Å². The Labute approximate surface area is 276 Å². The van der Waals surface area contributed by atoms with Crippen molar-refractivity contribution in [2.45, 2.75) is 45.6 Å². The molecule has 4 aromatic rings. The molecule has 0 saturated carbocycles. The van der Waals surface area contributed by atoms with Gasteiger partial charge in [0.05, 0.1) is 23.9 Å². The smallest absolute Gasteiger partial charge is 0.258 e. The first kappa shape index (κ1) is 33.7. The highest BCUT2D eigenvalue weighted by atomic mass is 16.5. The van der Waals surface area contributed by atoms with E-state index in [1.54, 1.807) is 53.4 Å². The maximum atomic E-state index is 13.8. The Kier molecular flexibility index (Phi) is 10.9. The third-order valence-electron chi connectivity index (χ3n) is 8.50. The molecule has 2 amide bonds. The van der Waals surface area contributed by atoms with Crippen molar-refractivity contribution >= 4 is 17.5 Å². The molecular formula is C38H43N3O6. The maximum Gasteiger partial charge on any atom is 0.258 e. The highest BCUT2D eigenvalue weighted by Crippen LogP contribution is 2.36. The predicted octanol–water partition coefficient (Wildman–Crippen LogP) is 5.81. The molecule has 0 aromatic heterocycles. The summed E-state index contributed by atoms with van der Waals surface area (Å²) in [5.41, 5.74) is 3.18. The monoisotopic (exact) mass is 637 g/mol. The topological polar surface area (TPSA) is 112 Å². The van der Waals surface area contributed by atoms with E-state index in [1.807, 2.05) is 76.3 Å². The third kappa shape index (κ3) is 8.18. The molecule has 3 N–H and O–H groups in total. The molecule has 9 nitrogen and oxygen atoms in total. The first-order valence-electron chi connectivity index (χ1n) is 15.9. The number of likely N-dealkylation sites (N-methyl/N-ethyl adjacent to an activating group) is 1. The number of hydrogen-bond donors (Lipinski definition) is 3. The molecule has 0 fully saturated rings. The van der Waals surface area contributed by atoms with Crippen LogP contribution in [-0.4, -0.2) is 70.7 Å². The van der Waals surface area contributed by atoms with Gasteiger partial charge in [0.2, 0.25) is 0 Å². The van der Waals surface area contributed by atoms with Gasteiger partial charge >= 0.3 is 0 Å². The maximum absolute atomic E-state index is 13.8. The molecule has 5 rings (SSSR count). The second-order valence-corrected chi connectivity index (χ2v) is 12.3. The normalized spacial score (nSPS) is 17.6. The lowest BCUT2D eigenvalue weighted by Crippen LogP contribution is -2.49. The van der Waals surface area contributed by atoms with Gasteiger partial charge < -0.3 is 29.9 Å². The van der Waals surface area contributed by atoms with Gasteiger partial charge in [-0.05, 0) is 67.9 Å². The average Bonchev–Trinajstić information content (AvgIpc) is 3.08. The zero-order valence-electron chi connectivity index (χ0n) is 27.3. The lowest BCUT2D eigenvalue weighted by molar-refractivity contribution is -0.124. The predicted molar refractivity (Wildman–Crippen MR) is 182 cm³/mol. The molecule has 0 spiro atoms.